The highest BCUT2D eigenvalue weighted by molar-refractivity contribution is 5.95. The Balaban J connectivity index is 1.99. The highest BCUT2D eigenvalue weighted by atomic mass is 19.4. The molecule has 5 nitrogen and oxygen atoms in total. The van der Waals surface area contributed by atoms with Crippen molar-refractivity contribution in [3.63, 3.8) is 0 Å². The summed E-state index contributed by atoms with van der Waals surface area (Å²) in [5, 5.41) is 6.75. The van der Waals surface area contributed by atoms with Crippen molar-refractivity contribution >= 4 is 17.5 Å². The molecule has 3 N–H and O–H groups in total. The molecule has 0 atom stereocenters. The summed E-state index contributed by atoms with van der Waals surface area (Å²) >= 11 is 0. The van der Waals surface area contributed by atoms with Crippen LogP contribution in [0.3, 0.4) is 0 Å². The van der Waals surface area contributed by atoms with Gasteiger partial charge in [0.25, 0.3) is 5.91 Å². The van der Waals surface area contributed by atoms with Crippen LogP contribution in [0.2, 0.25) is 0 Å². The average molecular weight is 415 g/mol. The van der Waals surface area contributed by atoms with Crippen LogP contribution >= 0.6 is 0 Å². The number of halogens is 5. The Morgan fingerprint density at radius 2 is 1.69 bits per heavy atom. The maximum absolute atomic E-state index is 14.0. The number of hydrogen-bond donors (Lipinski definition) is 3. The topological polar surface area (TPSA) is 70.2 Å². The zero-order valence-electron chi connectivity index (χ0n) is 15.3. The third kappa shape index (κ3) is 6.74. The Kier molecular flexibility index (Phi) is 7.13. The summed E-state index contributed by atoms with van der Waals surface area (Å²) < 4.78 is 64.2. The molecule has 0 fully saturated rings. The summed E-state index contributed by atoms with van der Waals surface area (Å²) in [5.41, 5.74) is 0.112. The molecule has 2 aromatic carbocycles. The van der Waals surface area contributed by atoms with Crippen molar-refractivity contribution < 1.29 is 31.5 Å². The van der Waals surface area contributed by atoms with Crippen LogP contribution in [0.4, 0.5) is 27.6 Å². The van der Waals surface area contributed by atoms with Crippen molar-refractivity contribution in [2.75, 3.05) is 18.4 Å². The van der Waals surface area contributed by atoms with Crippen LogP contribution in [0, 0.1) is 18.6 Å². The van der Waals surface area contributed by atoms with E-state index in [2.05, 4.69) is 10.6 Å². The Labute approximate surface area is 163 Å². The third-order valence-electron chi connectivity index (χ3n) is 3.93. The minimum atomic E-state index is -4.60. The van der Waals surface area contributed by atoms with Crippen molar-refractivity contribution in [2.45, 2.75) is 19.6 Å². The summed E-state index contributed by atoms with van der Waals surface area (Å²) in [5.74, 6) is -2.93. The Bertz CT molecular complexity index is 900. The summed E-state index contributed by atoms with van der Waals surface area (Å²) in [4.78, 5) is 23.8. The summed E-state index contributed by atoms with van der Waals surface area (Å²) in [6.07, 6.45) is -4.60. The fourth-order valence-corrected chi connectivity index (χ4v) is 2.35. The van der Waals surface area contributed by atoms with Crippen LogP contribution < -0.4 is 16.0 Å². The van der Waals surface area contributed by atoms with Gasteiger partial charge in [-0.3, -0.25) is 9.59 Å². The lowest BCUT2D eigenvalue weighted by atomic mass is 10.1. The first kappa shape index (κ1) is 22.1. The second kappa shape index (κ2) is 9.35. The highest BCUT2D eigenvalue weighted by Crippen LogP contribution is 2.21. The molecule has 0 saturated carbocycles. The third-order valence-corrected chi connectivity index (χ3v) is 3.93. The fourth-order valence-electron chi connectivity index (χ4n) is 2.35. The minimum Gasteiger partial charge on any atom is -0.376 e. The van der Waals surface area contributed by atoms with E-state index in [0.717, 1.165) is 12.1 Å². The van der Waals surface area contributed by atoms with Crippen LogP contribution in [0.5, 0.6) is 0 Å². The molecule has 0 unspecified atom stereocenters. The maximum Gasteiger partial charge on any atom is 0.405 e. The molecular formula is C19H18F5N3O2. The number of amides is 2. The normalized spacial score (nSPS) is 11.1. The van der Waals surface area contributed by atoms with E-state index in [9.17, 15) is 31.5 Å². The second-order valence-electron chi connectivity index (χ2n) is 6.15. The molecule has 2 aromatic rings. The number of carbonyl (C=O) groups is 2. The van der Waals surface area contributed by atoms with Gasteiger partial charge in [0.1, 0.15) is 18.2 Å². The zero-order valence-corrected chi connectivity index (χ0v) is 15.3. The second-order valence-corrected chi connectivity index (χ2v) is 6.15. The van der Waals surface area contributed by atoms with Gasteiger partial charge in [0.15, 0.2) is 0 Å². The van der Waals surface area contributed by atoms with Crippen molar-refractivity contribution in [1.82, 2.24) is 10.6 Å². The molecule has 0 aromatic heterocycles. The molecule has 156 valence electrons. The van der Waals surface area contributed by atoms with Crippen LogP contribution in [0.15, 0.2) is 36.4 Å². The number of hydrogen-bond acceptors (Lipinski definition) is 3. The SMILES string of the molecule is Cc1c(F)cc(C(=O)NCC(F)(F)F)cc1NCC(=O)NCc1ccccc1F. The van der Waals surface area contributed by atoms with Gasteiger partial charge < -0.3 is 16.0 Å². The molecule has 10 heteroatoms. The number of rotatable bonds is 7. The molecule has 2 rings (SSSR count). The quantitative estimate of drug-likeness (QED) is 0.608. The molecule has 0 saturated heterocycles. The molecule has 2 amide bonds. The number of carbonyl (C=O) groups excluding carboxylic acids is 2. The van der Waals surface area contributed by atoms with Crippen molar-refractivity contribution in [3.05, 3.63) is 64.7 Å². The van der Waals surface area contributed by atoms with Gasteiger partial charge >= 0.3 is 6.18 Å². The first-order valence-corrected chi connectivity index (χ1v) is 8.46. The monoisotopic (exact) mass is 415 g/mol. The van der Waals surface area contributed by atoms with E-state index in [1.165, 1.54) is 25.1 Å². The van der Waals surface area contributed by atoms with E-state index >= 15 is 0 Å². The number of alkyl halides is 3. The zero-order chi connectivity index (χ0) is 21.6. The standard InChI is InChI=1S/C19H18F5N3O2/c1-11-15(21)6-13(18(29)27-10-19(22,23)24)7-16(11)25-9-17(28)26-8-12-4-2-3-5-14(12)20/h2-7,25H,8-10H2,1H3,(H,26,28)(H,27,29). The predicted octanol–water partition coefficient (Wildman–Crippen LogP) is 3.29. The van der Waals surface area contributed by atoms with Crippen molar-refractivity contribution in [1.29, 1.82) is 0 Å². The summed E-state index contributed by atoms with van der Waals surface area (Å²) in [6, 6.07) is 7.84. The van der Waals surface area contributed by atoms with Gasteiger partial charge in [-0.2, -0.15) is 13.2 Å². The molecule has 0 spiro atoms. The van der Waals surface area contributed by atoms with Crippen LogP contribution in [0.25, 0.3) is 0 Å². The van der Waals surface area contributed by atoms with E-state index in [-0.39, 0.29) is 35.5 Å². The van der Waals surface area contributed by atoms with Crippen LogP contribution in [0.1, 0.15) is 21.5 Å². The van der Waals surface area contributed by atoms with E-state index in [4.69, 9.17) is 0 Å². The lowest BCUT2D eigenvalue weighted by Crippen LogP contribution is -2.34. The molecule has 0 heterocycles. The summed E-state index contributed by atoms with van der Waals surface area (Å²) in [6.45, 7) is -0.544. The smallest absolute Gasteiger partial charge is 0.376 e. The van der Waals surface area contributed by atoms with Crippen molar-refractivity contribution in [3.8, 4) is 0 Å². The van der Waals surface area contributed by atoms with E-state index in [1.54, 1.807) is 11.4 Å². The molecule has 0 bridgehead atoms. The highest BCUT2D eigenvalue weighted by Gasteiger charge is 2.28. The first-order chi connectivity index (χ1) is 13.6. The van der Waals surface area contributed by atoms with E-state index in [0.29, 0.717) is 0 Å². The fraction of sp³-hybridized carbons (Fsp3) is 0.263. The Hall–Kier alpha value is -3.17. The van der Waals surface area contributed by atoms with Gasteiger partial charge in [-0.1, -0.05) is 18.2 Å². The van der Waals surface area contributed by atoms with E-state index < -0.39 is 36.2 Å². The van der Waals surface area contributed by atoms with Crippen molar-refractivity contribution in [2.24, 2.45) is 0 Å². The lowest BCUT2D eigenvalue weighted by Gasteiger charge is -2.14. The summed E-state index contributed by atoms with van der Waals surface area (Å²) in [7, 11) is 0. The van der Waals surface area contributed by atoms with Gasteiger partial charge in [0, 0.05) is 28.9 Å². The first-order valence-electron chi connectivity index (χ1n) is 8.46. The maximum atomic E-state index is 14.0. The Morgan fingerprint density at radius 3 is 2.34 bits per heavy atom. The van der Waals surface area contributed by atoms with Crippen LogP contribution in [-0.4, -0.2) is 31.1 Å². The predicted molar refractivity (Wildman–Crippen MR) is 96.3 cm³/mol. The molecule has 0 radical (unpaired) electrons. The molecule has 29 heavy (non-hydrogen) atoms. The lowest BCUT2D eigenvalue weighted by molar-refractivity contribution is -0.123. The van der Waals surface area contributed by atoms with Gasteiger partial charge in [-0.05, 0) is 25.1 Å². The van der Waals surface area contributed by atoms with Crippen LogP contribution in [-0.2, 0) is 11.3 Å². The number of nitrogens with one attached hydrogen (secondary N) is 3. The van der Waals surface area contributed by atoms with Gasteiger partial charge in [-0.15, -0.1) is 0 Å². The number of anilines is 1. The van der Waals surface area contributed by atoms with Gasteiger partial charge in [0.05, 0.1) is 6.54 Å². The Morgan fingerprint density at radius 1 is 1.00 bits per heavy atom. The minimum absolute atomic E-state index is 0.0551. The van der Waals surface area contributed by atoms with Gasteiger partial charge in [0.2, 0.25) is 5.91 Å². The van der Waals surface area contributed by atoms with Gasteiger partial charge in [-0.25, -0.2) is 8.78 Å². The number of benzene rings is 2. The average Bonchev–Trinajstić information content (AvgIpc) is 2.65. The van der Waals surface area contributed by atoms with E-state index in [1.807, 2.05) is 0 Å². The molecule has 0 aliphatic rings. The molecular weight excluding hydrogens is 397 g/mol. The largest absolute Gasteiger partial charge is 0.405 e. The molecule has 0 aliphatic carbocycles. The molecule has 0 aliphatic heterocycles.